The molecule has 0 saturated heterocycles. The fourth-order valence-electron chi connectivity index (χ4n) is 5.88. The van der Waals surface area contributed by atoms with Crippen LogP contribution < -0.4 is 30.4 Å². The van der Waals surface area contributed by atoms with Crippen molar-refractivity contribution in [3.63, 3.8) is 0 Å². The number of ether oxygens (including phenoxy) is 4. The van der Waals surface area contributed by atoms with Gasteiger partial charge in [-0.05, 0) is 88.0 Å². The van der Waals surface area contributed by atoms with Gasteiger partial charge in [-0.15, -0.1) is 0 Å². The molecule has 2 aromatic rings. The van der Waals surface area contributed by atoms with Gasteiger partial charge in [-0.1, -0.05) is 27.7 Å². The second-order valence-electron chi connectivity index (χ2n) is 12.2. The molecule has 2 aliphatic rings. The average Bonchev–Trinajstić information content (AvgIpc) is 2.79. The van der Waals surface area contributed by atoms with Crippen molar-refractivity contribution >= 4 is 0 Å². The lowest BCUT2D eigenvalue weighted by Crippen LogP contribution is -2.55. The highest BCUT2D eigenvalue weighted by atomic mass is 16.7. The van der Waals surface area contributed by atoms with Gasteiger partial charge in [0, 0.05) is 34.8 Å². The Balaban J connectivity index is 1.61. The van der Waals surface area contributed by atoms with Crippen LogP contribution in [0.25, 0.3) is 0 Å². The van der Waals surface area contributed by atoms with Crippen LogP contribution >= 0.6 is 0 Å². The van der Waals surface area contributed by atoms with E-state index in [2.05, 4.69) is 65.8 Å². The van der Waals surface area contributed by atoms with E-state index >= 15 is 0 Å². The zero-order valence-corrected chi connectivity index (χ0v) is 23.7. The van der Waals surface area contributed by atoms with E-state index in [9.17, 15) is 0 Å². The van der Waals surface area contributed by atoms with Crippen molar-refractivity contribution < 1.29 is 18.9 Å². The summed E-state index contributed by atoms with van der Waals surface area (Å²) in [5.74, 6) is 2.89. The van der Waals surface area contributed by atoms with Crippen molar-refractivity contribution in [1.29, 1.82) is 0 Å². The van der Waals surface area contributed by atoms with E-state index in [0.717, 1.165) is 72.6 Å². The molecule has 2 aromatic carbocycles. The van der Waals surface area contributed by atoms with Crippen LogP contribution in [-0.2, 0) is 10.8 Å². The molecule has 0 amide bonds. The molecule has 37 heavy (non-hydrogen) atoms. The van der Waals surface area contributed by atoms with Crippen LogP contribution in [0.5, 0.6) is 23.0 Å². The van der Waals surface area contributed by atoms with Crippen LogP contribution in [0.2, 0.25) is 0 Å². The third kappa shape index (κ3) is 5.85. The smallest absolute Gasteiger partial charge is 0.252 e. The molecule has 4 rings (SSSR count). The number of rotatable bonds is 10. The number of aryl methyl sites for hydroxylation is 2. The summed E-state index contributed by atoms with van der Waals surface area (Å²) < 4.78 is 25.8. The van der Waals surface area contributed by atoms with E-state index in [1.54, 1.807) is 0 Å². The first-order valence-corrected chi connectivity index (χ1v) is 13.8. The lowest BCUT2D eigenvalue weighted by Gasteiger charge is -2.51. The number of fused-ring (bicyclic) bond motifs is 2. The molecule has 0 fully saturated rings. The molecule has 0 radical (unpaired) electrons. The quantitative estimate of drug-likeness (QED) is 0.378. The van der Waals surface area contributed by atoms with Gasteiger partial charge in [0.05, 0.1) is 13.2 Å². The summed E-state index contributed by atoms with van der Waals surface area (Å²) in [6.07, 6.45) is 5.36. The van der Waals surface area contributed by atoms with Gasteiger partial charge in [0.2, 0.25) is 0 Å². The number of nitrogens with two attached hydrogens (primary N) is 2. The van der Waals surface area contributed by atoms with Crippen LogP contribution in [0.15, 0.2) is 24.3 Å². The minimum absolute atomic E-state index is 0.147. The molecule has 0 atom stereocenters. The van der Waals surface area contributed by atoms with Crippen LogP contribution in [0.1, 0.15) is 88.5 Å². The summed E-state index contributed by atoms with van der Waals surface area (Å²) in [4.78, 5) is 0. The molecular formula is C31H46N2O4. The van der Waals surface area contributed by atoms with E-state index in [1.807, 2.05) is 0 Å². The molecule has 2 aliphatic heterocycles. The molecule has 0 aromatic heterocycles. The molecule has 0 saturated carbocycles. The fourth-order valence-corrected chi connectivity index (χ4v) is 5.88. The maximum Gasteiger partial charge on any atom is 0.252 e. The number of hydrogen-bond donors (Lipinski definition) is 2. The second kappa shape index (κ2) is 10.7. The van der Waals surface area contributed by atoms with Gasteiger partial charge in [0.1, 0.15) is 23.0 Å². The zero-order chi connectivity index (χ0) is 26.8. The van der Waals surface area contributed by atoms with Crippen LogP contribution in [0.3, 0.4) is 0 Å². The van der Waals surface area contributed by atoms with Gasteiger partial charge < -0.3 is 30.4 Å². The predicted octanol–water partition coefficient (Wildman–Crippen LogP) is 6.06. The van der Waals surface area contributed by atoms with Crippen molar-refractivity contribution in [1.82, 2.24) is 0 Å². The Morgan fingerprint density at radius 3 is 1.46 bits per heavy atom. The molecular weight excluding hydrogens is 464 g/mol. The summed E-state index contributed by atoms with van der Waals surface area (Å²) in [6, 6.07) is 8.57. The van der Waals surface area contributed by atoms with Gasteiger partial charge in [0.25, 0.3) is 5.79 Å². The van der Waals surface area contributed by atoms with Gasteiger partial charge in [-0.2, -0.15) is 0 Å². The van der Waals surface area contributed by atoms with Crippen LogP contribution in [0, 0.1) is 13.8 Å². The maximum atomic E-state index is 6.79. The number of unbranched alkanes of at least 4 members (excludes halogenated alkanes) is 2. The molecule has 0 unspecified atom stereocenters. The summed E-state index contributed by atoms with van der Waals surface area (Å²) in [6.45, 7) is 16.0. The summed E-state index contributed by atoms with van der Waals surface area (Å²) in [5, 5.41) is 0. The fraction of sp³-hybridized carbons (Fsp3) is 0.613. The van der Waals surface area contributed by atoms with Crippen molar-refractivity contribution in [2.75, 3.05) is 26.3 Å². The highest BCUT2D eigenvalue weighted by Crippen LogP contribution is 2.55. The number of hydrogen-bond acceptors (Lipinski definition) is 6. The van der Waals surface area contributed by atoms with Gasteiger partial charge in [-0.3, -0.25) is 0 Å². The molecule has 204 valence electrons. The average molecular weight is 511 g/mol. The normalized spacial score (nSPS) is 18.4. The van der Waals surface area contributed by atoms with E-state index in [1.165, 1.54) is 11.1 Å². The first-order valence-electron chi connectivity index (χ1n) is 13.8. The molecule has 4 N–H and O–H groups in total. The van der Waals surface area contributed by atoms with Gasteiger partial charge in [0.15, 0.2) is 0 Å². The van der Waals surface area contributed by atoms with Crippen LogP contribution in [0.4, 0.5) is 0 Å². The zero-order valence-electron chi connectivity index (χ0n) is 23.7. The monoisotopic (exact) mass is 510 g/mol. The predicted molar refractivity (Wildman–Crippen MR) is 149 cm³/mol. The second-order valence-corrected chi connectivity index (χ2v) is 12.2. The Kier molecular flexibility index (Phi) is 8.01. The maximum absolute atomic E-state index is 6.79. The minimum Gasteiger partial charge on any atom is -0.493 e. The molecule has 1 spiro atoms. The Morgan fingerprint density at radius 2 is 1.08 bits per heavy atom. The SMILES string of the molecule is Cc1cc2c(cc1OCCCCN)C(C)(C)CC1(CC(C)(C)c3cc(OCCCCN)c(C)cc3O1)O2. The van der Waals surface area contributed by atoms with Crippen molar-refractivity contribution in [3.05, 3.63) is 46.5 Å². The summed E-state index contributed by atoms with van der Waals surface area (Å²) >= 11 is 0. The number of benzene rings is 2. The van der Waals surface area contributed by atoms with Crippen molar-refractivity contribution in [2.45, 2.75) is 96.7 Å². The van der Waals surface area contributed by atoms with Crippen molar-refractivity contribution in [2.24, 2.45) is 11.5 Å². The Hall–Kier alpha value is -2.44. The molecule has 0 aliphatic carbocycles. The summed E-state index contributed by atoms with van der Waals surface area (Å²) in [7, 11) is 0. The Bertz CT molecular complexity index is 1020. The molecule has 6 nitrogen and oxygen atoms in total. The summed E-state index contributed by atoms with van der Waals surface area (Å²) in [5.41, 5.74) is 15.4. The third-order valence-corrected chi connectivity index (χ3v) is 7.74. The Morgan fingerprint density at radius 1 is 0.676 bits per heavy atom. The van der Waals surface area contributed by atoms with E-state index in [-0.39, 0.29) is 10.8 Å². The lowest BCUT2D eigenvalue weighted by molar-refractivity contribution is -0.166. The third-order valence-electron chi connectivity index (χ3n) is 7.74. The largest absolute Gasteiger partial charge is 0.493 e. The first-order chi connectivity index (χ1) is 17.5. The molecule has 0 bridgehead atoms. The minimum atomic E-state index is -0.737. The topological polar surface area (TPSA) is 89.0 Å². The molecule has 6 heteroatoms. The highest BCUT2D eigenvalue weighted by Gasteiger charge is 2.53. The van der Waals surface area contributed by atoms with Gasteiger partial charge in [-0.25, -0.2) is 0 Å². The standard InChI is InChI=1S/C31H46N2O4/c1-21-15-27-23(17-25(21)34-13-9-7-11-32)29(3,4)19-31(36-27)20-30(5,6)24-18-26(35-14-10-8-12-33)22(2)16-28(24)37-31/h15-18H,7-14,19-20,32-33H2,1-6H3. The highest BCUT2D eigenvalue weighted by molar-refractivity contribution is 5.53. The van der Waals surface area contributed by atoms with Gasteiger partial charge >= 0.3 is 0 Å². The van der Waals surface area contributed by atoms with Crippen molar-refractivity contribution in [3.8, 4) is 23.0 Å². The van der Waals surface area contributed by atoms with E-state index in [0.29, 0.717) is 26.3 Å². The van der Waals surface area contributed by atoms with E-state index in [4.69, 9.17) is 30.4 Å². The Labute approximate surface area is 223 Å². The first kappa shape index (κ1) is 27.6. The lowest BCUT2D eigenvalue weighted by atomic mass is 9.69. The van der Waals surface area contributed by atoms with Crippen LogP contribution in [-0.4, -0.2) is 32.1 Å². The van der Waals surface area contributed by atoms with E-state index < -0.39 is 5.79 Å². The molecule has 2 heterocycles.